The Labute approximate surface area is 126 Å². The van der Waals surface area contributed by atoms with Crippen molar-refractivity contribution in [1.29, 1.82) is 0 Å². The molecule has 0 bridgehead atoms. The van der Waals surface area contributed by atoms with E-state index in [0.717, 1.165) is 22.0 Å². The van der Waals surface area contributed by atoms with Crippen molar-refractivity contribution < 1.29 is 4.79 Å². The first-order valence-corrected chi connectivity index (χ1v) is 6.76. The van der Waals surface area contributed by atoms with E-state index in [-0.39, 0.29) is 0 Å². The molecule has 0 aliphatic heterocycles. The summed E-state index contributed by atoms with van der Waals surface area (Å²) < 4.78 is 0. The molecular formula is C16H12ClN3O. The standard InChI is InChI=1S/C16H12ClN3O/c1-9-15(16(18)21)12(6-7-19-9)10-2-4-13-11(8-10)3-5-14(17)20-13/h2-8H,1H3,(H2,18,21). The van der Waals surface area contributed by atoms with Crippen molar-refractivity contribution in [2.24, 2.45) is 5.73 Å². The lowest BCUT2D eigenvalue weighted by Crippen LogP contribution is -2.15. The molecule has 2 N–H and O–H groups in total. The topological polar surface area (TPSA) is 68.9 Å². The molecule has 104 valence electrons. The third-order valence-electron chi connectivity index (χ3n) is 3.35. The van der Waals surface area contributed by atoms with Crippen molar-refractivity contribution in [3.63, 3.8) is 0 Å². The summed E-state index contributed by atoms with van der Waals surface area (Å²) in [6.07, 6.45) is 1.67. The molecule has 1 aromatic carbocycles. The molecular weight excluding hydrogens is 286 g/mol. The van der Waals surface area contributed by atoms with Crippen LogP contribution < -0.4 is 5.73 Å². The van der Waals surface area contributed by atoms with Gasteiger partial charge in [0.05, 0.1) is 16.8 Å². The minimum atomic E-state index is -0.482. The average Bonchev–Trinajstić information content (AvgIpc) is 2.46. The van der Waals surface area contributed by atoms with Crippen molar-refractivity contribution in [3.05, 3.63) is 59.0 Å². The Morgan fingerprint density at radius 2 is 2.00 bits per heavy atom. The highest BCUT2D eigenvalue weighted by Crippen LogP contribution is 2.28. The summed E-state index contributed by atoms with van der Waals surface area (Å²) in [7, 11) is 0. The fourth-order valence-corrected chi connectivity index (χ4v) is 2.54. The average molecular weight is 298 g/mol. The van der Waals surface area contributed by atoms with Gasteiger partial charge in [-0.3, -0.25) is 9.78 Å². The molecule has 2 heterocycles. The van der Waals surface area contributed by atoms with Crippen LogP contribution in [0, 0.1) is 6.92 Å². The predicted molar refractivity (Wildman–Crippen MR) is 83.2 cm³/mol. The van der Waals surface area contributed by atoms with Gasteiger partial charge in [-0.05, 0) is 48.4 Å². The zero-order chi connectivity index (χ0) is 15.0. The lowest BCUT2D eigenvalue weighted by atomic mass is 9.97. The second-order valence-corrected chi connectivity index (χ2v) is 5.11. The maximum absolute atomic E-state index is 11.7. The Bertz CT molecular complexity index is 861. The van der Waals surface area contributed by atoms with Crippen molar-refractivity contribution in [2.75, 3.05) is 0 Å². The quantitative estimate of drug-likeness (QED) is 0.737. The van der Waals surface area contributed by atoms with Gasteiger partial charge in [0.15, 0.2) is 0 Å². The van der Waals surface area contributed by atoms with Crippen LogP contribution in [0.15, 0.2) is 42.6 Å². The van der Waals surface area contributed by atoms with Gasteiger partial charge in [0.25, 0.3) is 5.91 Å². The number of aromatic nitrogens is 2. The number of benzene rings is 1. The van der Waals surface area contributed by atoms with Crippen molar-refractivity contribution in [2.45, 2.75) is 6.92 Å². The molecule has 0 saturated heterocycles. The molecule has 0 fully saturated rings. The summed E-state index contributed by atoms with van der Waals surface area (Å²) in [4.78, 5) is 20.1. The number of hydrogen-bond acceptors (Lipinski definition) is 3. The summed E-state index contributed by atoms with van der Waals surface area (Å²) in [6.45, 7) is 1.77. The molecule has 0 aliphatic rings. The number of aryl methyl sites for hydroxylation is 1. The highest BCUT2D eigenvalue weighted by atomic mass is 35.5. The minimum Gasteiger partial charge on any atom is -0.366 e. The summed E-state index contributed by atoms with van der Waals surface area (Å²) in [6, 6.07) is 11.1. The van der Waals surface area contributed by atoms with Crippen molar-refractivity contribution in [3.8, 4) is 11.1 Å². The number of primary amides is 1. The number of rotatable bonds is 2. The highest BCUT2D eigenvalue weighted by molar-refractivity contribution is 6.29. The molecule has 4 nitrogen and oxygen atoms in total. The van der Waals surface area contributed by atoms with E-state index in [1.54, 1.807) is 25.3 Å². The third-order valence-corrected chi connectivity index (χ3v) is 3.56. The number of nitrogens with zero attached hydrogens (tertiary/aromatic N) is 2. The van der Waals surface area contributed by atoms with Gasteiger partial charge in [-0.2, -0.15) is 0 Å². The van der Waals surface area contributed by atoms with Gasteiger partial charge in [-0.15, -0.1) is 0 Å². The number of carbonyl (C=O) groups excluding carboxylic acids is 1. The van der Waals surface area contributed by atoms with E-state index in [1.165, 1.54) is 0 Å². The zero-order valence-corrected chi connectivity index (χ0v) is 12.1. The van der Waals surface area contributed by atoms with Crippen LogP contribution in [0.3, 0.4) is 0 Å². The molecule has 0 spiro atoms. The number of amides is 1. The fourth-order valence-electron chi connectivity index (χ4n) is 2.39. The Kier molecular flexibility index (Phi) is 3.31. The van der Waals surface area contributed by atoms with Gasteiger partial charge in [0, 0.05) is 11.6 Å². The van der Waals surface area contributed by atoms with Crippen LogP contribution in [0.2, 0.25) is 5.15 Å². The molecule has 0 atom stereocenters. The van der Waals surface area contributed by atoms with Gasteiger partial charge in [0.2, 0.25) is 0 Å². The molecule has 0 saturated carbocycles. The lowest BCUT2D eigenvalue weighted by Gasteiger charge is -2.10. The summed E-state index contributed by atoms with van der Waals surface area (Å²) in [5.74, 6) is -0.482. The van der Waals surface area contributed by atoms with Crippen molar-refractivity contribution >= 4 is 28.4 Å². The second kappa shape index (κ2) is 5.14. The van der Waals surface area contributed by atoms with Gasteiger partial charge in [-0.25, -0.2) is 4.98 Å². The van der Waals surface area contributed by atoms with Crippen LogP contribution >= 0.6 is 11.6 Å². The monoisotopic (exact) mass is 297 g/mol. The molecule has 3 rings (SSSR count). The smallest absolute Gasteiger partial charge is 0.251 e. The number of nitrogens with two attached hydrogens (primary N) is 1. The number of hydrogen-bond donors (Lipinski definition) is 1. The van der Waals surface area contributed by atoms with E-state index in [9.17, 15) is 4.79 Å². The lowest BCUT2D eigenvalue weighted by molar-refractivity contribution is 0.1000. The van der Waals surface area contributed by atoms with Crippen LogP contribution in [0.1, 0.15) is 16.1 Å². The van der Waals surface area contributed by atoms with E-state index in [0.29, 0.717) is 16.4 Å². The summed E-state index contributed by atoms with van der Waals surface area (Å²) in [5, 5.41) is 1.40. The molecule has 2 aromatic heterocycles. The Morgan fingerprint density at radius 1 is 1.19 bits per heavy atom. The maximum Gasteiger partial charge on any atom is 0.251 e. The third kappa shape index (κ3) is 2.45. The first-order chi connectivity index (χ1) is 10.1. The van der Waals surface area contributed by atoms with Crippen LogP contribution in [-0.2, 0) is 0 Å². The second-order valence-electron chi connectivity index (χ2n) is 4.72. The maximum atomic E-state index is 11.7. The fraction of sp³-hybridized carbons (Fsp3) is 0.0625. The Balaban J connectivity index is 2.24. The predicted octanol–water partition coefficient (Wildman–Crippen LogP) is 3.36. The largest absolute Gasteiger partial charge is 0.366 e. The summed E-state index contributed by atoms with van der Waals surface area (Å²) >= 11 is 5.88. The summed E-state index contributed by atoms with van der Waals surface area (Å²) in [5.41, 5.74) is 9.01. The molecule has 0 aliphatic carbocycles. The molecule has 21 heavy (non-hydrogen) atoms. The van der Waals surface area contributed by atoms with Crippen LogP contribution in [-0.4, -0.2) is 15.9 Å². The van der Waals surface area contributed by atoms with E-state index in [1.807, 2.05) is 24.3 Å². The molecule has 0 unspecified atom stereocenters. The Hall–Kier alpha value is -2.46. The Morgan fingerprint density at radius 3 is 2.76 bits per heavy atom. The number of pyridine rings is 2. The molecule has 3 aromatic rings. The number of carbonyl (C=O) groups is 1. The van der Waals surface area contributed by atoms with Gasteiger partial charge in [-0.1, -0.05) is 17.7 Å². The van der Waals surface area contributed by atoms with E-state index < -0.39 is 5.91 Å². The highest BCUT2D eigenvalue weighted by Gasteiger charge is 2.14. The minimum absolute atomic E-state index is 0.443. The number of halogens is 1. The van der Waals surface area contributed by atoms with Crippen molar-refractivity contribution in [1.82, 2.24) is 9.97 Å². The van der Waals surface area contributed by atoms with E-state index >= 15 is 0 Å². The van der Waals surface area contributed by atoms with Gasteiger partial charge >= 0.3 is 0 Å². The first-order valence-electron chi connectivity index (χ1n) is 6.38. The first kappa shape index (κ1) is 13.5. The normalized spacial score (nSPS) is 10.8. The van der Waals surface area contributed by atoms with Crippen LogP contribution in [0.5, 0.6) is 0 Å². The molecule has 1 amide bonds. The van der Waals surface area contributed by atoms with Gasteiger partial charge in [0.1, 0.15) is 5.15 Å². The zero-order valence-electron chi connectivity index (χ0n) is 11.3. The SMILES string of the molecule is Cc1nccc(-c2ccc3nc(Cl)ccc3c2)c1C(N)=O. The molecule has 0 radical (unpaired) electrons. The van der Waals surface area contributed by atoms with Crippen LogP contribution in [0.4, 0.5) is 0 Å². The van der Waals surface area contributed by atoms with E-state index in [2.05, 4.69) is 9.97 Å². The van der Waals surface area contributed by atoms with Gasteiger partial charge < -0.3 is 5.73 Å². The van der Waals surface area contributed by atoms with E-state index in [4.69, 9.17) is 17.3 Å². The number of fused-ring (bicyclic) bond motifs is 1. The molecule has 5 heteroatoms. The van der Waals surface area contributed by atoms with Crippen LogP contribution in [0.25, 0.3) is 22.0 Å².